The van der Waals surface area contributed by atoms with Crippen molar-refractivity contribution in [2.75, 3.05) is 33.0 Å². The standard InChI is InChI=1S/C13H27NO2.C2H6/c1-5-6-8-15-10-11-16-9-7-14-13(4)12(2)3;1-2/h12,14H,4-11H2,1-3H3;1-2H3. The van der Waals surface area contributed by atoms with Crippen molar-refractivity contribution in [1.82, 2.24) is 5.32 Å². The van der Waals surface area contributed by atoms with Gasteiger partial charge in [-0.2, -0.15) is 0 Å². The van der Waals surface area contributed by atoms with E-state index in [2.05, 4.69) is 32.7 Å². The van der Waals surface area contributed by atoms with Gasteiger partial charge in [0.2, 0.25) is 0 Å². The van der Waals surface area contributed by atoms with Gasteiger partial charge >= 0.3 is 0 Å². The summed E-state index contributed by atoms with van der Waals surface area (Å²) in [7, 11) is 0. The Bertz CT molecular complexity index is 170. The highest BCUT2D eigenvalue weighted by molar-refractivity contribution is 4.93. The number of unbranched alkanes of at least 4 members (excludes halogenated alkanes) is 1. The number of hydrogen-bond donors (Lipinski definition) is 1. The zero-order chi connectivity index (χ0) is 14.2. The van der Waals surface area contributed by atoms with E-state index < -0.39 is 0 Å². The van der Waals surface area contributed by atoms with Gasteiger partial charge in [-0.25, -0.2) is 0 Å². The van der Waals surface area contributed by atoms with Crippen LogP contribution in [0.2, 0.25) is 0 Å². The monoisotopic (exact) mass is 259 g/mol. The third kappa shape index (κ3) is 15.5. The summed E-state index contributed by atoms with van der Waals surface area (Å²) >= 11 is 0. The van der Waals surface area contributed by atoms with Crippen molar-refractivity contribution in [3.05, 3.63) is 12.3 Å². The lowest BCUT2D eigenvalue weighted by Crippen LogP contribution is -2.22. The third-order valence-electron chi connectivity index (χ3n) is 2.31. The van der Waals surface area contributed by atoms with E-state index >= 15 is 0 Å². The minimum Gasteiger partial charge on any atom is -0.386 e. The molecule has 0 fully saturated rings. The lowest BCUT2D eigenvalue weighted by molar-refractivity contribution is 0.0482. The van der Waals surface area contributed by atoms with Crippen molar-refractivity contribution in [1.29, 1.82) is 0 Å². The van der Waals surface area contributed by atoms with Crippen LogP contribution in [0.15, 0.2) is 12.3 Å². The lowest BCUT2D eigenvalue weighted by atomic mass is 10.1. The summed E-state index contributed by atoms with van der Waals surface area (Å²) in [6.07, 6.45) is 2.32. The van der Waals surface area contributed by atoms with Crippen LogP contribution in [0.4, 0.5) is 0 Å². The van der Waals surface area contributed by atoms with Gasteiger partial charge < -0.3 is 14.8 Å². The summed E-state index contributed by atoms with van der Waals surface area (Å²) < 4.78 is 10.8. The average molecular weight is 259 g/mol. The Kier molecular flexibility index (Phi) is 18.1. The fraction of sp³-hybridized carbons (Fsp3) is 0.867. The second-order valence-corrected chi connectivity index (χ2v) is 4.19. The zero-order valence-corrected chi connectivity index (χ0v) is 13.1. The molecule has 0 aliphatic heterocycles. The predicted molar refractivity (Wildman–Crippen MR) is 79.9 cm³/mol. The van der Waals surface area contributed by atoms with Crippen molar-refractivity contribution in [2.24, 2.45) is 5.92 Å². The summed E-state index contributed by atoms with van der Waals surface area (Å²) in [4.78, 5) is 0. The molecule has 1 N–H and O–H groups in total. The molecule has 0 radical (unpaired) electrons. The molecule has 3 heteroatoms. The molecule has 0 aliphatic rings. The smallest absolute Gasteiger partial charge is 0.0701 e. The number of allylic oxidation sites excluding steroid dienone is 1. The molecule has 0 aromatic heterocycles. The van der Waals surface area contributed by atoms with Gasteiger partial charge in [-0.3, -0.25) is 0 Å². The van der Waals surface area contributed by atoms with E-state index in [-0.39, 0.29) is 0 Å². The van der Waals surface area contributed by atoms with E-state index in [1.807, 2.05) is 13.8 Å². The molecular weight excluding hydrogens is 226 g/mol. The number of hydrogen-bond acceptors (Lipinski definition) is 3. The van der Waals surface area contributed by atoms with Crippen molar-refractivity contribution < 1.29 is 9.47 Å². The maximum Gasteiger partial charge on any atom is 0.0701 e. The van der Waals surface area contributed by atoms with Crippen LogP contribution in [-0.2, 0) is 9.47 Å². The van der Waals surface area contributed by atoms with Crippen LogP contribution >= 0.6 is 0 Å². The molecular formula is C15H33NO2. The second-order valence-electron chi connectivity index (χ2n) is 4.19. The molecule has 0 spiro atoms. The fourth-order valence-electron chi connectivity index (χ4n) is 1.06. The molecule has 0 aromatic carbocycles. The minimum absolute atomic E-state index is 0.484. The summed E-state index contributed by atoms with van der Waals surface area (Å²) in [6, 6.07) is 0. The summed E-state index contributed by atoms with van der Waals surface area (Å²) in [5, 5.41) is 3.23. The molecule has 0 saturated carbocycles. The quantitative estimate of drug-likeness (QED) is 0.575. The van der Waals surface area contributed by atoms with Crippen LogP contribution in [-0.4, -0.2) is 33.0 Å². The van der Waals surface area contributed by atoms with Gasteiger partial charge in [-0.1, -0.05) is 47.6 Å². The Morgan fingerprint density at radius 1 is 1.06 bits per heavy atom. The maximum atomic E-state index is 5.42. The summed E-state index contributed by atoms with van der Waals surface area (Å²) in [5.74, 6) is 0.484. The Balaban J connectivity index is 0. The SMILES string of the molecule is C=C(NCCOCCOCCCC)C(C)C.CC. The van der Waals surface area contributed by atoms with Crippen LogP contribution in [0.5, 0.6) is 0 Å². The van der Waals surface area contributed by atoms with Crippen LogP contribution in [0.3, 0.4) is 0 Å². The first kappa shape index (κ1) is 19.8. The van der Waals surface area contributed by atoms with Crippen molar-refractivity contribution in [3.8, 4) is 0 Å². The Morgan fingerprint density at radius 2 is 1.61 bits per heavy atom. The number of ether oxygens (including phenoxy) is 2. The lowest BCUT2D eigenvalue weighted by Gasteiger charge is -2.12. The van der Waals surface area contributed by atoms with E-state index in [0.29, 0.717) is 25.7 Å². The number of rotatable bonds is 11. The minimum atomic E-state index is 0.484. The normalized spacial score (nSPS) is 9.89. The summed E-state index contributed by atoms with van der Waals surface area (Å²) in [5.41, 5.74) is 1.07. The van der Waals surface area contributed by atoms with Crippen LogP contribution in [0.1, 0.15) is 47.5 Å². The molecule has 3 nitrogen and oxygen atoms in total. The van der Waals surface area contributed by atoms with E-state index in [1.165, 1.54) is 6.42 Å². The highest BCUT2D eigenvalue weighted by Crippen LogP contribution is 2.00. The van der Waals surface area contributed by atoms with Crippen LogP contribution in [0.25, 0.3) is 0 Å². The first-order valence-corrected chi connectivity index (χ1v) is 7.26. The molecule has 0 aliphatic carbocycles. The molecule has 0 saturated heterocycles. The molecule has 0 atom stereocenters. The molecule has 0 unspecified atom stereocenters. The van der Waals surface area contributed by atoms with E-state index in [0.717, 1.165) is 25.3 Å². The van der Waals surface area contributed by atoms with Gasteiger partial charge in [0.25, 0.3) is 0 Å². The van der Waals surface area contributed by atoms with Gasteiger partial charge in [-0.15, -0.1) is 0 Å². The first-order valence-electron chi connectivity index (χ1n) is 7.26. The Morgan fingerprint density at radius 3 is 2.11 bits per heavy atom. The molecule has 18 heavy (non-hydrogen) atoms. The van der Waals surface area contributed by atoms with Crippen molar-refractivity contribution in [3.63, 3.8) is 0 Å². The van der Waals surface area contributed by atoms with Gasteiger partial charge in [0.05, 0.1) is 19.8 Å². The van der Waals surface area contributed by atoms with E-state index in [4.69, 9.17) is 9.47 Å². The van der Waals surface area contributed by atoms with Gasteiger partial charge in [0, 0.05) is 18.8 Å². The van der Waals surface area contributed by atoms with Crippen molar-refractivity contribution in [2.45, 2.75) is 47.5 Å². The summed E-state index contributed by atoms with van der Waals surface area (Å²) in [6.45, 7) is 18.1. The largest absolute Gasteiger partial charge is 0.386 e. The molecule has 110 valence electrons. The molecule has 0 bridgehead atoms. The van der Waals surface area contributed by atoms with Gasteiger partial charge in [0.1, 0.15) is 0 Å². The highest BCUT2D eigenvalue weighted by Gasteiger charge is 1.97. The number of nitrogens with one attached hydrogen (secondary N) is 1. The molecule has 0 amide bonds. The first-order chi connectivity index (χ1) is 8.68. The van der Waals surface area contributed by atoms with E-state index in [9.17, 15) is 0 Å². The molecule has 0 aromatic rings. The predicted octanol–water partition coefficient (Wildman–Crippen LogP) is 3.61. The fourth-order valence-corrected chi connectivity index (χ4v) is 1.06. The van der Waals surface area contributed by atoms with Gasteiger partial charge in [0.15, 0.2) is 0 Å². The van der Waals surface area contributed by atoms with Crippen molar-refractivity contribution >= 4 is 0 Å². The average Bonchev–Trinajstić information content (AvgIpc) is 2.38. The second kappa shape index (κ2) is 16.5. The Hall–Kier alpha value is -0.540. The van der Waals surface area contributed by atoms with E-state index in [1.54, 1.807) is 0 Å². The van der Waals surface area contributed by atoms with Crippen LogP contribution in [0, 0.1) is 5.92 Å². The van der Waals surface area contributed by atoms with Crippen LogP contribution < -0.4 is 5.32 Å². The maximum absolute atomic E-state index is 5.42. The highest BCUT2D eigenvalue weighted by atomic mass is 16.5. The molecule has 0 rings (SSSR count). The Labute approximate surface area is 114 Å². The topological polar surface area (TPSA) is 30.5 Å². The van der Waals surface area contributed by atoms with Gasteiger partial charge in [-0.05, 0) is 12.3 Å². The molecule has 0 heterocycles. The third-order valence-corrected chi connectivity index (χ3v) is 2.31. The zero-order valence-electron chi connectivity index (χ0n) is 13.1.